The van der Waals surface area contributed by atoms with Crippen LogP contribution in [0.1, 0.15) is 47.9 Å². The van der Waals surface area contributed by atoms with Crippen LogP contribution in [0.5, 0.6) is 0 Å². The van der Waals surface area contributed by atoms with E-state index in [0.717, 1.165) is 23.1 Å². The molecule has 1 atom stereocenters. The van der Waals surface area contributed by atoms with Crippen LogP contribution in [0, 0.1) is 23.0 Å². The summed E-state index contributed by atoms with van der Waals surface area (Å²) in [6, 6.07) is 14.6. The summed E-state index contributed by atoms with van der Waals surface area (Å²) in [7, 11) is -4.05. The Morgan fingerprint density at radius 3 is 2.49 bits per heavy atom. The van der Waals surface area contributed by atoms with Crippen molar-refractivity contribution in [3.8, 4) is 0 Å². The van der Waals surface area contributed by atoms with Gasteiger partial charge < -0.3 is 4.90 Å². The highest BCUT2D eigenvalue weighted by Crippen LogP contribution is 2.39. The van der Waals surface area contributed by atoms with Crippen molar-refractivity contribution in [1.82, 2.24) is 9.21 Å². The van der Waals surface area contributed by atoms with E-state index in [4.69, 9.17) is 0 Å². The van der Waals surface area contributed by atoms with Gasteiger partial charge in [-0.1, -0.05) is 38.1 Å². The van der Waals surface area contributed by atoms with E-state index in [1.807, 2.05) is 50.4 Å². The second kappa shape index (κ2) is 11.1. The SMILES string of the molecule is Cc1ccccc1C1c2ccsc2CCN1C(=O)CN(CCC(C)C)S(=O)(=O)c1ccc([N+](=O)[O-])cc1. The number of sulfonamides is 1. The molecule has 0 fully saturated rings. The van der Waals surface area contributed by atoms with Crippen LogP contribution in [0.3, 0.4) is 0 Å². The van der Waals surface area contributed by atoms with E-state index in [-0.39, 0.29) is 41.5 Å². The van der Waals surface area contributed by atoms with Gasteiger partial charge in [-0.15, -0.1) is 11.3 Å². The maximum atomic E-state index is 13.8. The second-order valence-corrected chi connectivity index (χ2v) is 12.6. The van der Waals surface area contributed by atoms with Gasteiger partial charge in [-0.2, -0.15) is 4.31 Å². The third kappa shape index (κ3) is 5.76. The lowest BCUT2D eigenvalue weighted by molar-refractivity contribution is -0.384. The van der Waals surface area contributed by atoms with E-state index < -0.39 is 14.9 Å². The zero-order valence-corrected chi connectivity index (χ0v) is 22.8. The first-order valence-electron chi connectivity index (χ1n) is 12.3. The number of nitro groups is 1. The Balaban J connectivity index is 1.66. The zero-order valence-electron chi connectivity index (χ0n) is 21.2. The summed E-state index contributed by atoms with van der Waals surface area (Å²) in [5.41, 5.74) is 3.00. The summed E-state index contributed by atoms with van der Waals surface area (Å²) in [5, 5.41) is 13.1. The molecule has 1 aliphatic heterocycles. The van der Waals surface area contributed by atoms with Crippen molar-refractivity contribution >= 4 is 33.0 Å². The molecule has 0 spiro atoms. The number of thiophene rings is 1. The molecule has 0 radical (unpaired) electrons. The van der Waals surface area contributed by atoms with Gasteiger partial charge in [0.25, 0.3) is 5.69 Å². The second-order valence-electron chi connectivity index (χ2n) is 9.67. The summed E-state index contributed by atoms with van der Waals surface area (Å²) >= 11 is 1.68. The minimum absolute atomic E-state index is 0.0659. The van der Waals surface area contributed by atoms with E-state index >= 15 is 0 Å². The summed E-state index contributed by atoms with van der Waals surface area (Å²) < 4.78 is 28.4. The summed E-state index contributed by atoms with van der Waals surface area (Å²) in [6.45, 7) is 6.39. The summed E-state index contributed by atoms with van der Waals surface area (Å²) in [5.74, 6) is -0.0351. The maximum absolute atomic E-state index is 13.8. The van der Waals surface area contributed by atoms with Crippen molar-refractivity contribution in [3.05, 3.63) is 91.7 Å². The highest BCUT2D eigenvalue weighted by atomic mass is 32.2. The average Bonchev–Trinajstić information content (AvgIpc) is 3.35. The van der Waals surface area contributed by atoms with Crippen molar-refractivity contribution in [3.63, 3.8) is 0 Å². The van der Waals surface area contributed by atoms with Crippen LogP contribution < -0.4 is 0 Å². The van der Waals surface area contributed by atoms with Gasteiger partial charge in [0.05, 0.1) is 22.4 Å². The average molecular weight is 542 g/mol. The number of benzene rings is 2. The van der Waals surface area contributed by atoms with Crippen molar-refractivity contribution < 1.29 is 18.1 Å². The predicted octanol–water partition coefficient (Wildman–Crippen LogP) is 5.18. The van der Waals surface area contributed by atoms with Gasteiger partial charge in [0, 0.05) is 30.1 Å². The standard InChI is InChI=1S/C27H31N3O5S2/c1-19(2)12-15-28(37(34,35)22-10-8-21(9-11-22)30(32)33)18-26(31)29-16-13-25-24(14-17-36-25)27(29)23-7-5-4-6-20(23)3/h4-11,14,17,19,27H,12-13,15-16,18H2,1-3H3. The van der Waals surface area contributed by atoms with Gasteiger partial charge in [-0.3, -0.25) is 14.9 Å². The number of nitro benzene ring substituents is 1. The minimum Gasteiger partial charge on any atom is -0.330 e. The van der Waals surface area contributed by atoms with E-state index in [1.54, 1.807) is 16.2 Å². The third-order valence-electron chi connectivity index (χ3n) is 6.72. The lowest BCUT2D eigenvalue weighted by Gasteiger charge is -2.38. The van der Waals surface area contributed by atoms with Gasteiger partial charge in [0.15, 0.2) is 0 Å². The molecular formula is C27H31N3O5S2. The first kappa shape index (κ1) is 27.0. The molecule has 0 bridgehead atoms. The maximum Gasteiger partial charge on any atom is 0.269 e. The van der Waals surface area contributed by atoms with Crippen LogP contribution in [0.15, 0.2) is 64.9 Å². The Hall–Kier alpha value is -3.08. The van der Waals surface area contributed by atoms with E-state index in [1.165, 1.54) is 33.4 Å². The van der Waals surface area contributed by atoms with E-state index in [2.05, 4.69) is 6.07 Å². The van der Waals surface area contributed by atoms with Crippen LogP contribution in [-0.2, 0) is 21.2 Å². The number of rotatable bonds is 9. The highest BCUT2D eigenvalue weighted by Gasteiger charge is 2.36. The van der Waals surface area contributed by atoms with Crippen molar-refractivity contribution in [2.45, 2.75) is 44.6 Å². The molecule has 2 aromatic carbocycles. The molecule has 1 amide bonds. The number of amides is 1. The third-order valence-corrected chi connectivity index (χ3v) is 9.58. The van der Waals surface area contributed by atoms with Crippen molar-refractivity contribution in [2.75, 3.05) is 19.6 Å². The molecule has 0 saturated heterocycles. The van der Waals surface area contributed by atoms with Crippen LogP contribution in [0.25, 0.3) is 0 Å². The number of carbonyl (C=O) groups excluding carboxylic acids is 1. The Kier molecular flexibility index (Phi) is 8.11. The van der Waals surface area contributed by atoms with Gasteiger partial charge in [-0.25, -0.2) is 8.42 Å². The highest BCUT2D eigenvalue weighted by molar-refractivity contribution is 7.89. The molecule has 2 heterocycles. The lowest BCUT2D eigenvalue weighted by atomic mass is 9.90. The summed E-state index contributed by atoms with van der Waals surface area (Å²) in [6.07, 6.45) is 1.30. The Labute approximate surface area is 221 Å². The normalized spacial score (nSPS) is 15.7. The molecule has 4 rings (SSSR count). The number of hydrogen-bond donors (Lipinski definition) is 0. The number of hydrogen-bond acceptors (Lipinski definition) is 6. The Morgan fingerprint density at radius 1 is 1.14 bits per heavy atom. The molecule has 1 unspecified atom stereocenters. The van der Waals surface area contributed by atoms with Crippen LogP contribution >= 0.6 is 11.3 Å². The fraction of sp³-hybridized carbons (Fsp3) is 0.370. The zero-order chi connectivity index (χ0) is 26.7. The fourth-order valence-corrected chi connectivity index (χ4v) is 6.94. The minimum atomic E-state index is -4.05. The molecule has 10 heteroatoms. The Bertz CT molecular complexity index is 1380. The van der Waals surface area contributed by atoms with E-state index in [9.17, 15) is 23.3 Å². The number of fused-ring (bicyclic) bond motifs is 1. The molecule has 3 aromatic rings. The quantitative estimate of drug-likeness (QED) is 0.275. The van der Waals surface area contributed by atoms with Gasteiger partial charge in [0.1, 0.15) is 0 Å². The molecule has 37 heavy (non-hydrogen) atoms. The van der Waals surface area contributed by atoms with Crippen molar-refractivity contribution in [2.24, 2.45) is 5.92 Å². The smallest absolute Gasteiger partial charge is 0.269 e. The molecule has 0 aliphatic carbocycles. The van der Waals surface area contributed by atoms with E-state index in [0.29, 0.717) is 13.0 Å². The van der Waals surface area contributed by atoms with Crippen LogP contribution in [0.2, 0.25) is 0 Å². The fourth-order valence-electron chi connectivity index (χ4n) is 4.63. The molecule has 196 valence electrons. The molecular weight excluding hydrogens is 510 g/mol. The number of non-ortho nitro benzene ring substituents is 1. The monoisotopic (exact) mass is 541 g/mol. The van der Waals surface area contributed by atoms with Crippen molar-refractivity contribution in [1.29, 1.82) is 0 Å². The first-order valence-corrected chi connectivity index (χ1v) is 14.6. The number of nitrogens with zero attached hydrogens (tertiary/aromatic N) is 3. The van der Waals surface area contributed by atoms with Crippen LogP contribution in [0.4, 0.5) is 5.69 Å². The van der Waals surface area contributed by atoms with Gasteiger partial charge in [0.2, 0.25) is 15.9 Å². The Morgan fingerprint density at radius 2 is 1.84 bits per heavy atom. The molecule has 1 aromatic heterocycles. The predicted molar refractivity (Wildman–Crippen MR) is 144 cm³/mol. The number of carbonyl (C=O) groups is 1. The molecule has 8 nitrogen and oxygen atoms in total. The topological polar surface area (TPSA) is 101 Å². The molecule has 1 aliphatic rings. The number of aryl methyl sites for hydroxylation is 1. The molecule has 0 saturated carbocycles. The van der Waals surface area contributed by atoms with Crippen LogP contribution in [-0.4, -0.2) is 48.1 Å². The lowest BCUT2D eigenvalue weighted by Crippen LogP contribution is -2.47. The largest absolute Gasteiger partial charge is 0.330 e. The van der Waals surface area contributed by atoms with Gasteiger partial charge in [-0.05, 0) is 66.0 Å². The molecule has 0 N–H and O–H groups in total. The van der Waals surface area contributed by atoms with Gasteiger partial charge >= 0.3 is 0 Å². The first-order chi connectivity index (χ1) is 17.6. The summed E-state index contributed by atoms with van der Waals surface area (Å²) in [4.78, 5) is 27.3.